The Morgan fingerprint density at radius 2 is 1.47 bits per heavy atom. The van der Waals surface area contributed by atoms with Gasteiger partial charge in [0, 0.05) is 10.8 Å². The molecule has 0 aliphatic carbocycles. The topological polar surface area (TPSA) is 30.2 Å². The van der Waals surface area contributed by atoms with Gasteiger partial charge in [-0.25, -0.2) is 4.79 Å². The van der Waals surface area contributed by atoms with Gasteiger partial charge >= 0.3 is 5.63 Å². The first-order valence-corrected chi connectivity index (χ1v) is 5.59. The van der Waals surface area contributed by atoms with Crippen LogP contribution in [0, 0.1) is 13.8 Å². The van der Waals surface area contributed by atoms with Crippen molar-refractivity contribution in [2.45, 2.75) is 13.8 Å². The molecule has 0 spiro atoms. The van der Waals surface area contributed by atoms with Crippen LogP contribution in [0.15, 0.2) is 45.6 Å². The lowest BCUT2D eigenvalue weighted by Crippen LogP contribution is -1.99. The van der Waals surface area contributed by atoms with E-state index in [9.17, 15) is 4.79 Å². The maximum atomic E-state index is 11.8. The maximum Gasteiger partial charge on any atom is 0.344 e. The van der Waals surface area contributed by atoms with Crippen LogP contribution in [0.3, 0.4) is 0 Å². The standard InChI is InChI=1S/C15H12O2/c1-9-4-6-12-13(7-9)11-5-3-10(2)8-14(11)17-15(12)16/h3-8H,1-2H3. The van der Waals surface area contributed by atoms with Crippen molar-refractivity contribution >= 4 is 21.7 Å². The molecule has 2 aromatic carbocycles. The van der Waals surface area contributed by atoms with Gasteiger partial charge in [0.15, 0.2) is 0 Å². The highest BCUT2D eigenvalue weighted by Gasteiger charge is 2.07. The van der Waals surface area contributed by atoms with Gasteiger partial charge in [0.2, 0.25) is 0 Å². The number of benzene rings is 2. The predicted octanol–water partition coefficient (Wildman–Crippen LogP) is 3.56. The molecule has 0 saturated heterocycles. The fourth-order valence-corrected chi connectivity index (χ4v) is 2.15. The van der Waals surface area contributed by atoms with Crippen molar-refractivity contribution in [1.82, 2.24) is 0 Å². The van der Waals surface area contributed by atoms with Gasteiger partial charge in [0.05, 0.1) is 5.39 Å². The van der Waals surface area contributed by atoms with Crippen molar-refractivity contribution in [2.75, 3.05) is 0 Å². The summed E-state index contributed by atoms with van der Waals surface area (Å²) < 4.78 is 5.34. The summed E-state index contributed by atoms with van der Waals surface area (Å²) >= 11 is 0. The molecule has 0 atom stereocenters. The van der Waals surface area contributed by atoms with Gasteiger partial charge in [-0.05, 0) is 31.5 Å². The van der Waals surface area contributed by atoms with Crippen LogP contribution in [0.2, 0.25) is 0 Å². The Kier molecular flexibility index (Phi) is 2.05. The van der Waals surface area contributed by atoms with Crippen molar-refractivity contribution in [3.63, 3.8) is 0 Å². The highest BCUT2D eigenvalue weighted by atomic mass is 16.4. The van der Waals surface area contributed by atoms with Gasteiger partial charge in [-0.15, -0.1) is 0 Å². The van der Waals surface area contributed by atoms with Crippen molar-refractivity contribution in [1.29, 1.82) is 0 Å². The second-order valence-corrected chi connectivity index (χ2v) is 4.44. The van der Waals surface area contributed by atoms with E-state index in [1.165, 1.54) is 0 Å². The van der Waals surface area contributed by atoms with Crippen molar-refractivity contribution in [3.05, 3.63) is 57.9 Å². The van der Waals surface area contributed by atoms with Crippen LogP contribution in [0.5, 0.6) is 0 Å². The maximum absolute atomic E-state index is 11.8. The summed E-state index contributed by atoms with van der Waals surface area (Å²) in [5.41, 5.74) is 2.63. The lowest BCUT2D eigenvalue weighted by atomic mass is 10.0. The molecule has 0 unspecified atom stereocenters. The molecule has 3 rings (SSSR count). The molecule has 17 heavy (non-hydrogen) atoms. The van der Waals surface area contributed by atoms with Gasteiger partial charge in [-0.3, -0.25) is 0 Å². The van der Waals surface area contributed by atoms with E-state index in [1.54, 1.807) is 0 Å². The molecule has 84 valence electrons. The zero-order valence-corrected chi connectivity index (χ0v) is 9.78. The van der Waals surface area contributed by atoms with Crippen LogP contribution in [-0.4, -0.2) is 0 Å². The van der Waals surface area contributed by atoms with Crippen molar-refractivity contribution in [3.8, 4) is 0 Å². The summed E-state index contributed by atoms with van der Waals surface area (Å²) in [7, 11) is 0. The summed E-state index contributed by atoms with van der Waals surface area (Å²) in [5, 5.41) is 2.61. The quantitative estimate of drug-likeness (QED) is 0.431. The largest absolute Gasteiger partial charge is 0.422 e. The zero-order valence-electron chi connectivity index (χ0n) is 9.78. The molecule has 2 heteroatoms. The molecular formula is C15H12O2. The first kappa shape index (κ1) is 10.1. The Balaban J connectivity index is 2.62. The Labute approximate surface area is 98.5 Å². The number of aryl methyl sites for hydroxylation is 2. The van der Waals surface area contributed by atoms with Crippen molar-refractivity contribution < 1.29 is 4.42 Å². The molecule has 1 heterocycles. The monoisotopic (exact) mass is 224 g/mol. The van der Waals surface area contributed by atoms with Crippen LogP contribution in [0.25, 0.3) is 21.7 Å². The van der Waals surface area contributed by atoms with E-state index < -0.39 is 0 Å². The lowest BCUT2D eigenvalue weighted by molar-refractivity contribution is 0.569. The first-order chi connectivity index (χ1) is 8.15. The minimum atomic E-state index is -0.266. The van der Waals surface area contributed by atoms with Crippen LogP contribution < -0.4 is 5.63 Å². The van der Waals surface area contributed by atoms with E-state index in [0.717, 1.165) is 21.9 Å². The Morgan fingerprint density at radius 1 is 0.824 bits per heavy atom. The molecular weight excluding hydrogens is 212 g/mol. The smallest absolute Gasteiger partial charge is 0.344 e. The molecule has 0 N–H and O–H groups in total. The zero-order chi connectivity index (χ0) is 12.0. The number of hydrogen-bond acceptors (Lipinski definition) is 2. The average Bonchev–Trinajstić information content (AvgIpc) is 2.28. The summed E-state index contributed by atoms with van der Waals surface area (Å²) in [4.78, 5) is 11.8. The third-order valence-corrected chi connectivity index (χ3v) is 3.02. The number of rotatable bonds is 0. The third-order valence-electron chi connectivity index (χ3n) is 3.02. The van der Waals surface area contributed by atoms with E-state index in [0.29, 0.717) is 11.0 Å². The highest BCUT2D eigenvalue weighted by Crippen LogP contribution is 2.24. The highest BCUT2D eigenvalue weighted by molar-refractivity contribution is 6.04. The third kappa shape index (κ3) is 1.53. The SMILES string of the molecule is Cc1ccc2c(c1)oc(=O)c1ccc(C)cc12. The molecule has 0 bridgehead atoms. The summed E-state index contributed by atoms with van der Waals surface area (Å²) in [6.45, 7) is 4.01. The van der Waals surface area contributed by atoms with Crippen LogP contribution in [0.4, 0.5) is 0 Å². The Hall–Kier alpha value is -2.09. The predicted molar refractivity (Wildman–Crippen MR) is 69.5 cm³/mol. The summed E-state index contributed by atoms with van der Waals surface area (Å²) in [5.74, 6) is 0. The first-order valence-electron chi connectivity index (χ1n) is 5.59. The normalized spacial score (nSPS) is 11.2. The van der Waals surface area contributed by atoms with E-state index in [2.05, 4.69) is 0 Å². The second kappa shape index (κ2) is 3.45. The molecule has 0 saturated carbocycles. The second-order valence-electron chi connectivity index (χ2n) is 4.44. The van der Waals surface area contributed by atoms with Crippen LogP contribution in [0.1, 0.15) is 11.1 Å². The van der Waals surface area contributed by atoms with Gasteiger partial charge in [0.25, 0.3) is 0 Å². The average molecular weight is 224 g/mol. The Bertz CT molecular complexity index is 782. The van der Waals surface area contributed by atoms with E-state index in [4.69, 9.17) is 4.42 Å². The van der Waals surface area contributed by atoms with E-state index in [-0.39, 0.29) is 5.63 Å². The van der Waals surface area contributed by atoms with Gasteiger partial charge in [0.1, 0.15) is 5.58 Å². The van der Waals surface area contributed by atoms with Crippen LogP contribution >= 0.6 is 0 Å². The molecule has 1 aromatic heterocycles. The van der Waals surface area contributed by atoms with Crippen LogP contribution in [-0.2, 0) is 0 Å². The summed E-state index contributed by atoms with van der Waals surface area (Å²) in [6.07, 6.45) is 0. The van der Waals surface area contributed by atoms with Gasteiger partial charge < -0.3 is 4.42 Å². The van der Waals surface area contributed by atoms with Gasteiger partial charge in [-0.2, -0.15) is 0 Å². The molecule has 0 fully saturated rings. The molecule has 0 aliphatic heterocycles. The fraction of sp³-hybridized carbons (Fsp3) is 0.133. The molecule has 3 aromatic rings. The van der Waals surface area contributed by atoms with Gasteiger partial charge in [-0.1, -0.05) is 29.8 Å². The number of fused-ring (bicyclic) bond motifs is 3. The van der Waals surface area contributed by atoms with Crippen molar-refractivity contribution in [2.24, 2.45) is 0 Å². The minimum absolute atomic E-state index is 0.266. The Morgan fingerprint density at radius 3 is 2.24 bits per heavy atom. The molecule has 0 radical (unpaired) electrons. The fourth-order valence-electron chi connectivity index (χ4n) is 2.15. The number of hydrogen-bond donors (Lipinski definition) is 0. The summed E-state index contributed by atoms with van der Waals surface area (Å²) in [6, 6.07) is 11.7. The molecule has 0 amide bonds. The minimum Gasteiger partial charge on any atom is -0.422 e. The molecule has 2 nitrogen and oxygen atoms in total. The lowest BCUT2D eigenvalue weighted by Gasteiger charge is -2.04. The van der Waals surface area contributed by atoms with E-state index >= 15 is 0 Å². The molecule has 0 aliphatic rings. The van der Waals surface area contributed by atoms with E-state index in [1.807, 2.05) is 50.2 Å².